The van der Waals surface area contributed by atoms with Crippen molar-refractivity contribution in [2.24, 2.45) is 11.3 Å². The zero-order chi connectivity index (χ0) is 13.5. The molecule has 0 unspecified atom stereocenters. The second-order valence-electron chi connectivity index (χ2n) is 5.82. The molecule has 0 fully saturated rings. The van der Waals surface area contributed by atoms with Crippen molar-refractivity contribution < 1.29 is 9.59 Å². The van der Waals surface area contributed by atoms with Gasteiger partial charge in [-0.05, 0) is 18.8 Å². The van der Waals surface area contributed by atoms with Gasteiger partial charge in [0.1, 0.15) is 0 Å². The van der Waals surface area contributed by atoms with Crippen molar-refractivity contribution in [2.45, 2.75) is 47.5 Å². The van der Waals surface area contributed by atoms with Crippen molar-refractivity contribution >= 4 is 11.8 Å². The van der Waals surface area contributed by atoms with Crippen LogP contribution in [0, 0.1) is 11.3 Å². The van der Waals surface area contributed by atoms with Crippen LogP contribution in [0.25, 0.3) is 0 Å². The molecule has 0 heterocycles. The van der Waals surface area contributed by atoms with Gasteiger partial charge in [-0.3, -0.25) is 9.59 Å². The Bertz CT molecular complexity index is 255. The molecular weight excluding hydrogens is 216 g/mol. The summed E-state index contributed by atoms with van der Waals surface area (Å²) < 4.78 is 0. The fourth-order valence-corrected chi connectivity index (χ4v) is 1.23. The number of hydrogen-bond acceptors (Lipinski definition) is 2. The molecule has 4 nitrogen and oxygen atoms in total. The first kappa shape index (κ1) is 15.9. The molecule has 0 aliphatic carbocycles. The van der Waals surface area contributed by atoms with Gasteiger partial charge in [0, 0.05) is 12.0 Å². The summed E-state index contributed by atoms with van der Waals surface area (Å²) in [6, 6.07) is 0. The minimum Gasteiger partial charge on any atom is -0.355 e. The lowest BCUT2D eigenvalue weighted by Crippen LogP contribution is -2.41. The molecule has 0 aliphatic heterocycles. The summed E-state index contributed by atoms with van der Waals surface area (Å²) in [6.07, 6.45) is 2.09. The van der Waals surface area contributed by atoms with E-state index in [-0.39, 0.29) is 18.4 Å². The molecule has 0 radical (unpaired) electrons. The van der Waals surface area contributed by atoms with E-state index in [4.69, 9.17) is 0 Å². The predicted octanol–water partition coefficient (Wildman–Crippen LogP) is 1.70. The molecule has 0 aliphatic rings. The van der Waals surface area contributed by atoms with Crippen LogP contribution in [0.2, 0.25) is 0 Å². The van der Waals surface area contributed by atoms with Gasteiger partial charge < -0.3 is 10.6 Å². The van der Waals surface area contributed by atoms with Crippen LogP contribution in [-0.4, -0.2) is 24.9 Å². The van der Waals surface area contributed by atoms with Crippen LogP contribution in [0.1, 0.15) is 47.5 Å². The molecular formula is C13H26N2O2. The van der Waals surface area contributed by atoms with Gasteiger partial charge in [-0.2, -0.15) is 0 Å². The van der Waals surface area contributed by atoms with E-state index in [1.54, 1.807) is 0 Å². The van der Waals surface area contributed by atoms with E-state index in [0.29, 0.717) is 12.5 Å². The molecule has 0 aromatic carbocycles. The number of amides is 2. The second kappa shape index (κ2) is 7.30. The summed E-state index contributed by atoms with van der Waals surface area (Å²) in [4.78, 5) is 22.9. The van der Waals surface area contributed by atoms with Gasteiger partial charge >= 0.3 is 0 Å². The lowest BCUT2D eigenvalue weighted by Gasteiger charge is -2.17. The van der Waals surface area contributed by atoms with Crippen molar-refractivity contribution in [1.29, 1.82) is 0 Å². The minimum absolute atomic E-state index is 0.0672. The van der Waals surface area contributed by atoms with Crippen molar-refractivity contribution in [3.8, 4) is 0 Å². The minimum atomic E-state index is -0.447. The van der Waals surface area contributed by atoms with Crippen LogP contribution in [0.3, 0.4) is 0 Å². The van der Waals surface area contributed by atoms with Crippen LogP contribution in [0.15, 0.2) is 0 Å². The van der Waals surface area contributed by atoms with Crippen LogP contribution < -0.4 is 10.6 Å². The average molecular weight is 242 g/mol. The fraction of sp³-hybridized carbons (Fsp3) is 0.846. The van der Waals surface area contributed by atoms with E-state index < -0.39 is 5.41 Å². The molecule has 2 N–H and O–H groups in total. The van der Waals surface area contributed by atoms with Crippen molar-refractivity contribution in [1.82, 2.24) is 10.6 Å². The summed E-state index contributed by atoms with van der Waals surface area (Å²) in [7, 11) is 0. The molecule has 0 atom stereocenters. The van der Waals surface area contributed by atoms with Gasteiger partial charge in [0.2, 0.25) is 11.8 Å². The highest BCUT2D eigenvalue weighted by molar-refractivity contribution is 5.87. The smallest absolute Gasteiger partial charge is 0.239 e. The Kier molecular flexibility index (Phi) is 6.85. The van der Waals surface area contributed by atoms with E-state index in [2.05, 4.69) is 24.5 Å². The third-order valence-electron chi connectivity index (χ3n) is 2.37. The first-order valence-electron chi connectivity index (χ1n) is 6.28. The van der Waals surface area contributed by atoms with Crippen LogP contribution in [0.4, 0.5) is 0 Å². The highest BCUT2D eigenvalue weighted by Gasteiger charge is 2.21. The van der Waals surface area contributed by atoms with Crippen molar-refractivity contribution in [2.75, 3.05) is 13.1 Å². The Hall–Kier alpha value is -1.06. The second-order valence-corrected chi connectivity index (χ2v) is 5.82. The maximum absolute atomic E-state index is 11.5. The Morgan fingerprint density at radius 3 is 2.18 bits per heavy atom. The SMILES string of the molecule is CC(C)CCCNC(=O)CNC(=O)C(C)(C)C. The number of carbonyl (C=O) groups excluding carboxylic acids is 2. The number of carbonyl (C=O) groups is 2. The Morgan fingerprint density at radius 2 is 1.71 bits per heavy atom. The molecule has 0 rings (SSSR count). The monoisotopic (exact) mass is 242 g/mol. The number of rotatable bonds is 6. The molecule has 17 heavy (non-hydrogen) atoms. The summed E-state index contributed by atoms with van der Waals surface area (Å²) in [6.45, 7) is 10.5. The highest BCUT2D eigenvalue weighted by atomic mass is 16.2. The largest absolute Gasteiger partial charge is 0.355 e. The van der Waals surface area contributed by atoms with E-state index in [9.17, 15) is 9.59 Å². The highest BCUT2D eigenvalue weighted by Crippen LogP contribution is 2.11. The van der Waals surface area contributed by atoms with Crippen LogP contribution in [0.5, 0.6) is 0 Å². The van der Waals surface area contributed by atoms with E-state index in [0.717, 1.165) is 12.8 Å². The van der Waals surface area contributed by atoms with Gasteiger partial charge in [0.05, 0.1) is 6.54 Å². The summed E-state index contributed by atoms with van der Waals surface area (Å²) in [5.74, 6) is 0.439. The quantitative estimate of drug-likeness (QED) is 0.697. The molecule has 0 aromatic rings. The molecule has 4 heteroatoms. The number of hydrogen-bond donors (Lipinski definition) is 2. The van der Waals surface area contributed by atoms with Crippen LogP contribution in [-0.2, 0) is 9.59 Å². The van der Waals surface area contributed by atoms with Crippen molar-refractivity contribution in [3.05, 3.63) is 0 Å². The van der Waals surface area contributed by atoms with E-state index in [1.807, 2.05) is 20.8 Å². The van der Waals surface area contributed by atoms with Gasteiger partial charge in [-0.1, -0.05) is 34.6 Å². The maximum atomic E-state index is 11.5. The summed E-state index contributed by atoms with van der Waals surface area (Å²) in [5, 5.41) is 5.41. The first-order valence-corrected chi connectivity index (χ1v) is 6.28. The lowest BCUT2D eigenvalue weighted by molar-refractivity contribution is -0.131. The Morgan fingerprint density at radius 1 is 1.12 bits per heavy atom. The summed E-state index contributed by atoms with van der Waals surface area (Å²) >= 11 is 0. The zero-order valence-electron chi connectivity index (χ0n) is 11.7. The Balaban J connectivity index is 3.64. The average Bonchev–Trinajstić information content (AvgIpc) is 2.19. The van der Waals surface area contributed by atoms with Gasteiger partial charge in [-0.15, -0.1) is 0 Å². The van der Waals surface area contributed by atoms with Gasteiger partial charge in [-0.25, -0.2) is 0 Å². The first-order chi connectivity index (χ1) is 7.73. The topological polar surface area (TPSA) is 58.2 Å². The van der Waals surface area contributed by atoms with E-state index >= 15 is 0 Å². The third kappa shape index (κ3) is 8.72. The van der Waals surface area contributed by atoms with Gasteiger partial charge in [0.25, 0.3) is 0 Å². The maximum Gasteiger partial charge on any atom is 0.239 e. The summed E-state index contributed by atoms with van der Waals surface area (Å²) in [5.41, 5.74) is -0.447. The Labute approximate surface area is 105 Å². The lowest BCUT2D eigenvalue weighted by atomic mass is 9.96. The van der Waals surface area contributed by atoms with Gasteiger partial charge in [0.15, 0.2) is 0 Å². The molecule has 0 bridgehead atoms. The zero-order valence-corrected chi connectivity index (χ0v) is 11.7. The number of nitrogens with one attached hydrogen (secondary N) is 2. The molecule has 0 spiro atoms. The third-order valence-corrected chi connectivity index (χ3v) is 2.37. The standard InChI is InChI=1S/C13H26N2O2/c1-10(2)7-6-8-14-11(16)9-15-12(17)13(3,4)5/h10H,6-9H2,1-5H3,(H,14,16)(H,15,17). The van der Waals surface area contributed by atoms with E-state index in [1.165, 1.54) is 0 Å². The predicted molar refractivity (Wildman–Crippen MR) is 69.5 cm³/mol. The normalized spacial score (nSPS) is 11.4. The molecule has 100 valence electrons. The molecule has 0 saturated carbocycles. The molecule has 2 amide bonds. The van der Waals surface area contributed by atoms with Crippen LogP contribution >= 0.6 is 0 Å². The fourth-order valence-electron chi connectivity index (χ4n) is 1.23. The van der Waals surface area contributed by atoms with Crippen molar-refractivity contribution in [3.63, 3.8) is 0 Å². The molecule has 0 aromatic heterocycles. The molecule has 0 saturated heterocycles.